The molecule has 2 aromatic heterocycles. The Balaban J connectivity index is 2.46. The molecular formula is C13H14N4O2S2. The number of hydrogen-bond acceptors (Lipinski definition) is 5. The van der Waals surface area contributed by atoms with Gasteiger partial charge in [0.2, 0.25) is 0 Å². The highest BCUT2D eigenvalue weighted by molar-refractivity contribution is 7.93. The molecule has 3 N–H and O–H groups in total. The second kappa shape index (κ2) is 5.74. The minimum atomic E-state index is -3.84. The Morgan fingerprint density at radius 2 is 2.00 bits per heavy atom. The molecule has 0 aromatic carbocycles. The lowest BCUT2D eigenvalue weighted by atomic mass is 10.3. The molecule has 0 saturated heterocycles. The van der Waals surface area contributed by atoms with Crippen LogP contribution in [-0.2, 0) is 10.0 Å². The second-order valence-corrected chi connectivity index (χ2v) is 6.50. The minimum Gasteiger partial charge on any atom is -0.388 e. The van der Waals surface area contributed by atoms with Gasteiger partial charge in [-0.3, -0.25) is 14.7 Å². The van der Waals surface area contributed by atoms with Crippen molar-refractivity contribution in [3.8, 4) is 0 Å². The molecule has 0 spiro atoms. The quantitative estimate of drug-likeness (QED) is 0.828. The predicted octanol–water partition coefficient (Wildman–Crippen LogP) is 1.53. The first-order valence-corrected chi connectivity index (χ1v) is 7.92. The van der Waals surface area contributed by atoms with Crippen LogP contribution in [0.4, 0.5) is 5.69 Å². The molecule has 2 aromatic rings. The summed E-state index contributed by atoms with van der Waals surface area (Å²) in [5, 5.41) is 0. The number of hydrogen-bond donors (Lipinski definition) is 2. The van der Waals surface area contributed by atoms with Crippen molar-refractivity contribution in [1.29, 1.82) is 0 Å². The average Bonchev–Trinajstić information content (AvgIpc) is 2.42. The van der Waals surface area contributed by atoms with E-state index in [0.717, 1.165) is 5.69 Å². The smallest absolute Gasteiger partial charge is 0.264 e. The van der Waals surface area contributed by atoms with Crippen molar-refractivity contribution in [2.45, 2.75) is 18.7 Å². The second-order valence-electron chi connectivity index (χ2n) is 4.41. The number of nitrogens with one attached hydrogen (secondary N) is 1. The first-order valence-electron chi connectivity index (χ1n) is 6.03. The van der Waals surface area contributed by atoms with Gasteiger partial charge >= 0.3 is 0 Å². The Bertz CT molecular complexity index is 804. The number of sulfonamides is 1. The number of rotatable bonds is 4. The molecule has 0 aliphatic rings. The molecule has 0 unspecified atom stereocenters. The topological polar surface area (TPSA) is 98.0 Å². The van der Waals surface area contributed by atoms with Crippen molar-refractivity contribution < 1.29 is 8.42 Å². The van der Waals surface area contributed by atoms with Crippen LogP contribution in [-0.4, -0.2) is 23.4 Å². The summed E-state index contributed by atoms with van der Waals surface area (Å²) < 4.78 is 27.4. The van der Waals surface area contributed by atoms with Gasteiger partial charge in [-0.2, -0.15) is 0 Å². The van der Waals surface area contributed by atoms with Crippen molar-refractivity contribution in [3.05, 3.63) is 47.5 Å². The normalized spacial score (nSPS) is 11.1. The Morgan fingerprint density at radius 3 is 2.62 bits per heavy atom. The lowest BCUT2D eigenvalue weighted by Gasteiger charge is -2.12. The van der Waals surface area contributed by atoms with E-state index in [1.165, 1.54) is 18.3 Å². The van der Waals surface area contributed by atoms with Crippen LogP contribution in [0.5, 0.6) is 0 Å². The van der Waals surface area contributed by atoms with Crippen LogP contribution in [0.25, 0.3) is 0 Å². The molecule has 6 nitrogen and oxygen atoms in total. The van der Waals surface area contributed by atoms with Crippen LogP contribution in [0.15, 0.2) is 35.4 Å². The zero-order chi connectivity index (χ0) is 15.6. The Morgan fingerprint density at radius 1 is 1.29 bits per heavy atom. The largest absolute Gasteiger partial charge is 0.388 e. The highest BCUT2D eigenvalue weighted by atomic mass is 32.2. The average molecular weight is 322 g/mol. The van der Waals surface area contributed by atoms with Crippen molar-refractivity contribution in [2.75, 3.05) is 4.72 Å². The van der Waals surface area contributed by atoms with Crippen molar-refractivity contribution in [3.63, 3.8) is 0 Å². The molecule has 0 amide bonds. The molecule has 0 bridgehead atoms. The van der Waals surface area contributed by atoms with Gasteiger partial charge in [0.05, 0.1) is 11.4 Å². The van der Waals surface area contributed by atoms with Crippen molar-refractivity contribution in [2.24, 2.45) is 5.73 Å². The summed E-state index contributed by atoms with van der Waals surface area (Å²) >= 11 is 4.84. The zero-order valence-corrected chi connectivity index (χ0v) is 13.1. The Labute approximate surface area is 128 Å². The highest BCUT2D eigenvalue weighted by Gasteiger charge is 2.21. The molecule has 0 aliphatic heterocycles. The van der Waals surface area contributed by atoms with E-state index in [1.54, 1.807) is 19.1 Å². The van der Waals surface area contributed by atoms with Gasteiger partial charge in [-0.25, -0.2) is 8.42 Å². The van der Waals surface area contributed by atoms with Gasteiger partial charge in [0, 0.05) is 11.9 Å². The molecule has 8 heteroatoms. The van der Waals surface area contributed by atoms with Gasteiger partial charge in [0.15, 0.2) is 0 Å². The molecular weight excluding hydrogens is 308 g/mol. The van der Waals surface area contributed by atoms with Gasteiger partial charge in [0.25, 0.3) is 10.0 Å². The number of nitrogens with two attached hydrogens (primary N) is 1. The van der Waals surface area contributed by atoms with Crippen LogP contribution < -0.4 is 10.5 Å². The van der Waals surface area contributed by atoms with Crippen LogP contribution in [0.3, 0.4) is 0 Å². The maximum Gasteiger partial charge on any atom is 0.264 e. The summed E-state index contributed by atoms with van der Waals surface area (Å²) in [6, 6.07) is 6.30. The Kier molecular flexibility index (Phi) is 4.19. The molecule has 21 heavy (non-hydrogen) atoms. The standard InChI is InChI=1S/C13H14N4O2S2/c1-8-5-6-10(9(2)16-8)17-21(18,19)11-4-3-7-15-12(11)13(14)20/h3-7,17H,1-2H3,(H2,14,20). The minimum absolute atomic E-state index is 0.0579. The third kappa shape index (κ3) is 3.34. The van der Waals surface area contributed by atoms with E-state index < -0.39 is 10.0 Å². The highest BCUT2D eigenvalue weighted by Crippen LogP contribution is 2.20. The molecule has 0 saturated carbocycles. The maximum absolute atomic E-state index is 12.5. The molecule has 0 atom stereocenters. The van der Waals surface area contributed by atoms with E-state index in [-0.39, 0.29) is 15.6 Å². The van der Waals surface area contributed by atoms with Gasteiger partial charge in [-0.1, -0.05) is 12.2 Å². The summed E-state index contributed by atoms with van der Waals surface area (Å²) in [5.41, 5.74) is 7.38. The van der Waals surface area contributed by atoms with E-state index in [9.17, 15) is 8.42 Å². The SMILES string of the molecule is Cc1ccc(NS(=O)(=O)c2cccnc2C(N)=S)c(C)n1. The van der Waals surface area contributed by atoms with Crippen molar-refractivity contribution in [1.82, 2.24) is 9.97 Å². The number of aromatic nitrogens is 2. The fraction of sp³-hybridized carbons (Fsp3) is 0.154. The van der Waals surface area contributed by atoms with E-state index in [2.05, 4.69) is 14.7 Å². The van der Waals surface area contributed by atoms with E-state index in [0.29, 0.717) is 11.4 Å². The van der Waals surface area contributed by atoms with Gasteiger partial charge in [0.1, 0.15) is 15.6 Å². The monoisotopic (exact) mass is 322 g/mol. The van der Waals surface area contributed by atoms with E-state index in [1.807, 2.05) is 6.92 Å². The number of pyridine rings is 2. The van der Waals surface area contributed by atoms with Gasteiger partial charge in [-0.15, -0.1) is 0 Å². The first-order chi connectivity index (χ1) is 9.81. The third-order valence-electron chi connectivity index (χ3n) is 2.76. The number of anilines is 1. The summed E-state index contributed by atoms with van der Waals surface area (Å²) in [4.78, 5) is 8.01. The van der Waals surface area contributed by atoms with Crippen LogP contribution >= 0.6 is 12.2 Å². The summed E-state index contributed by atoms with van der Waals surface area (Å²) in [5.74, 6) is 0. The zero-order valence-electron chi connectivity index (χ0n) is 11.5. The number of aryl methyl sites for hydroxylation is 2. The number of nitrogens with zero attached hydrogens (tertiary/aromatic N) is 2. The molecule has 2 heterocycles. The Hall–Kier alpha value is -2.06. The van der Waals surface area contributed by atoms with Gasteiger partial charge < -0.3 is 5.73 Å². The lowest BCUT2D eigenvalue weighted by molar-refractivity contribution is 0.600. The summed E-state index contributed by atoms with van der Waals surface area (Å²) in [7, 11) is -3.84. The fourth-order valence-corrected chi connectivity index (χ4v) is 3.30. The molecule has 0 fully saturated rings. The van der Waals surface area contributed by atoms with Gasteiger partial charge in [-0.05, 0) is 38.1 Å². The summed E-state index contributed by atoms with van der Waals surface area (Å²) in [6.45, 7) is 3.56. The number of thiocarbonyl (C=S) groups is 1. The maximum atomic E-state index is 12.5. The lowest BCUT2D eigenvalue weighted by Crippen LogP contribution is -2.21. The molecule has 0 radical (unpaired) electrons. The summed E-state index contributed by atoms with van der Waals surface area (Å²) in [6.07, 6.45) is 1.44. The molecule has 2 rings (SSSR count). The molecule has 0 aliphatic carbocycles. The first kappa shape index (κ1) is 15.3. The van der Waals surface area contributed by atoms with Crippen LogP contribution in [0.2, 0.25) is 0 Å². The molecule has 110 valence electrons. The third-order valence-corrected chi connectivity index (χ3v) is 4.35. The van der Waals surface area contributed by atoms with E-state index >= 15 is 0 Å². The fourth-order valence-electron chi connectivity index (χ4n) is 1.79. The predicted molar refractivity (Wildman–Crippen MR) is 84.6 cm³/mol. The van der Waals surface area contributed by atoms with Crippen LogP contribution in [0.1, 0.15) is 17.1 Å². The van der Waals surface area contributed by atoms with E-state index in [4.69, 9.17) is 18.0 Å². The van der Waals surface area contributed by atoms with Crippen LogP contribution in [0, 0.1) is 13.8 Å². The van der Waals surface area contributed by atoms with Crippen molar-refractivity contribution >= 4 is 32.9 Å².